The van der Waals surface area contributed by atoms with Crippen LogP contribution >= 0.6 is 11.6 Å². The van der Waals surface area contributed by atoms with Crippen LogP contribution in [-0.2, 0) is 21.4 Å². The minimum atomic E-state index is -3.78. The Kier molecular flexibility index (Phi) is 6.77. The fourth-order valence-corrected chi connectivity index (χ4v) is 3.86. The summed E-state index contributed by atoms with van der Waals surface area (Å²) in [6, 6.07) is 10.2. The zero-order valence-corrected chi connectivity index (χ0v) is 17.4. The lowest BCUT2D eigenvalue weighted by atomic mass is 10.1. The molecular formula is C20H21ClFNO5S. The van der Waals surface area contributed by atoms with Crippen molar-refractivity contribution in [3.63, 3.8) is 0 Å². The van der Waals surface area contributed by atoms with E-state index in [0.717, 1.165) is 19.1 Å². The summed E-state index contributed by atoms with van der Waals surface area (Å²) in [7, 11) is -3.78. The fourth-order valence-electron chi connectivity index (χ4n) is 3.18. The molecule has 1 heterocycles. The van der Waals surface area contributed by atoms with E-state index in [1.165, 1.54) is 41.3 Å². The zero-order chi connectivity index (χ0) is 21.0. The summed E-state index contributed by atoms with van der Waals surface area (Å²) in [5.74, 6) is -1.09. The molecule has 1 fully saturated rings. The number of amides is 1. The van der Waals surface area contributed by atoms with E-state index < -0.39 is 21.8 Å². The van der Waals surface area contributed by atoms with Crippen molar-refractivity contribution in [1.82, 2.24) is 4.90 Å². The van der Waals surface area contributed by atoms with Crippen molar-refractivity contribution < 1.29 is 26.5 Å². The largest absolute Gasteiger partial charge is 0.382 e. The number of carbonyl (C=O) groups excluding carboxylic acids is 1. The molecule has 0 radical (unpaired) electrons. The van der Waals surface area contributed by atoms with Crippen LogP contribution in [0.15, 0.2) is 42.5 Å². The molecule has 2 aromatic rings. The van der Waals surface area contributed by atoms with Crippen LogP contribution < -0.4 is 4.18 Å². The minimum Gasteiger partial charge on any atom is -0.382 e. The van der Waals surface area contributed by atoms with Crippen LogP contribution in [0.25, 0.3) is 0 Å². The van der Waals surface area contributed by atoms with Gasteiger partial charge in [0, 0.05) is 30.3 Å². The van der Waals surface area contributed by atoms with E-state index in [1.807, 2.05) is 0 Å². The van der Waals surface area contributed by atoms with Gasteiger partial charge in [-0.15, -0.1) is 0 Å². The number of hydrogen-bond donors (Lipinski definition) is 0. The monoisotopic (exact) mass is 441 g/mol. The van der Waals surface area contributed by atoms with Gasteiger partial charge in [-0.2, -0.15) is 8.42 Å². The van der Waals surface area contributed by atoms with E-state index in [4.69, 9.17) is 20.5 Å². The van der Waals surface area contributed by atoms with Crippen molar-refractivity contribution in [2.75, 3.05) is 19.4 Å². The number of hydrogen-bond acceptors (Lipinski definition) is 5. The van der Waals surface area contributed by atoms with Gasteiger partial charge in [0.1, 0.15) is 11.6 Å². The molecule has 0 N–H and O–H groups in total. The van der Waals surface area contributed by atoms with Gasteiger partial charge in [-0.05, 0) is 43.2 Å². The maximum atomic E-state index is 14.2. The minimum absolute atomic E-state index is 0.0154. The molecule has 29 heavy (non-hydrogen) atoms. The molecule has 1 atom stereocenters. The lowest BCUT2D eigenvalue weighted by molar-refractivity contribution is 0.0503. The zero-order valence-electron chi connectivity index (χ0n) is 15.8. The highest BCUT2D eigenvalue weighted by atomic mass is 35.5. The molecular weight excluding hydrogens is 421 g/mol. The van der Waals surface area contributed by atoms with Gasteiger partial charge < -0.3 is 13.8 Å². The van der Waals surface area contributed by atoms with Crippen LogP contribution in [0.1, 0.15) is 28.8 Å². The summed E-state index contributed by atoms with van der Waals surface area (Å²) in [5, 5.41) is 0.358. The quantitative estimate of drug-likeness (QED) is 0.613. The standard InChI is InChI=1S/C20H21ClFNO5S/c1-29(25,26)28-19-9-8-15(21)11-14(19)12-23(13-16-5-4-10-27-16)20(24)17-6-2-3-7-18(17)22/h2-3,6-9,11,16H,4-5,10,12-13H2,1H3. The molecule has 1 aliphatic heterocycles. The normalized spacial score (nSPS) is 16.6. The first-order valence-electron chi connectivity index (χ1n) is 9.06. The predicted molar refractivity (Wildman–Crippen MR) is 107 cm³/mol. The maximum absolute atomic E-state index is 14.2. The van der Waals surface area contributed by atoms with Crippen molar-refractivity contribution in [1.29, 1.82) is 0 Å². The van der Waals surface area contributed by atoms with E-state index in [9.17, 15) is 17.6 Å². The van der Waals surface area contributed by atoms with E-state index >= 15 is 0 Å². The summed E-state index contributed by atoms with van der Waals surface area (Å²) in [5.41, 5.74) is 0.323. The Morgan fingerprint density at radius 2 is 2.07 bits per heavy atom. The second kappa shape index (κ2) is 9.11. The Balaban J connectivity index is 1.94. The molecule has 9 heteroatoms. The Morgan fingerprint density at radius 1 is 1.31 bits per heavy atom. The summed E-state index contributed by atoms with van der Waals surface area (Å²) in [6.45, 7) is 0.822. The van der Waals surface area contributed by atoms with Crippen molar-refractivity contribution >= 4 is 27.6 Å². The highest BCUT2D eigenvalue weighted by Crippen LogP contribution is 2.27. The Morgan fingerprint density at radius 3 is 2.72 bits per heavy atom. The second-order valence-corrected chi connectivity index (χ2v) is 8.85. The maximum Gasteiger partial charge on any atom is 0.306 e. The summed E-state index contributed by atoms with van der Waals surface area (Å²) < 4.78 is 48.1. The molecule has 2 aromatic carbocycles. The molecule has 1 amide bonds. The van der Waals surface area contributed by atoms with Gasteiger partial charge in [0.15, 0.2) is 0 Å². The predicted octanol–water partition coefficient (Wildman–Crippen LogP) is 3.64. The molecule has 1 unspecified atom stereocenters. The molecule has 3 rings (SSSR count). The van der Waals surface area contributed by atoms with E-state index in [0.29, 0.717) is 17.2 Å². The van der Waals surface area contributed by atoms with Crippen molar-refractivity contribution in [2.45, 2.75) is 25.5 Å². The molecule has 156 valence electrons. The van der Waals surface area contributed by atoms with Gasteiger partial charge >= 0.3 is 10.1 Å². The molecule has 6 nitrogen and oxygen atoms in total. The SMILES string of the molecule is CS(=O)(=O)Oc1ccc(Cl)cc1CN(CC1CCCO1)C(=O)c1ccccc1F. The Hall–Kier alpha value is -2.16. The number of carbonyl (C=O) groups is 1. The molecule has 0 aliphatic carbocycles. The molecule has 0 saturated carbocycles. The number of halogens is 2. The van der Waals surface area contributed by atoms with Gasteiger partial charge in [-0.25, -0.2) is 4.39 Å². The average molecular weight is 442 g/mol. The topological polar surface area (TPSA) is 72.9 Å². The van der Waals surface area contributed by atoms with Gasteiger partial charge in [0.25, 0.3) is 5.91 Å². The van der Waals surface area contributed by atoms with Crippen LogP contribution in [0, 0.1) is 5.82 Å². The summed E-state index contributed by atoms with van der Waals surface area (Å²) >= 11 is 6.07. The van der Waals surface area contributed by atoms with Crippen LogP contribution in [0.2, 0.25) is 5.02 Å². The Labute approximate surface area is 174 Å². The highest BCUT2D eigenvalue weighted by Gasteiger charge is 2.26. The third-order valence-corrected chi connectivity index (χ3v) is 5.18. The van der Waals surface area contributed by atoms with Crippen LogP contribution in [0.3, 0.4) is 0 Å². The number of benzene rings is 2. The molecule has 0 spiro atoms. The molecule has 0 bridgehead atoms. The smallest absolute Gasteiger partial charge is 0.306 e. The third-order valence-electron chi connectivity index (χ3n) is 4.46. The second-order valence-electron chi connectivity index (χ2n) is 6.84. The fraction of sp³-hybridized carbons (Fsp3) is 0.350. The average Bonchev–Trinajstić information content (AvgIpc) is 3.15. The first-order chi connectivity index (χ1) is 13.7. The van der Waals surface area contributed by atoms with Gasteiger partial charge in [-0.1, -0.05) is 23.7 Å². The first kappa shape index (κ1) is 21.5. The lowest BCUT2D eigenvalue weighted by Gasteiger charge is -2.26. The van der Waals surface area contributed by atoms with E-state index in [2.05, 4.69) is 0 Å². The van der Waals surface area contributed by atoms with Crippen LogP contribution in [0.4, 0.5) is 4.39 Å². The molecule has 1 saturated heterocycles. The van der Waals surface area contributed by atoms with Crippen molar-refractivity contribution in [2.24, 2.45) is 0 Å². The van der Waals surface area contributed by atoms with Gasteiger partial charge in [0.05, 0.1) is 17.9 Å². The van der Waals surface area contributed by atoms with Crippen molar-refractivity contribution in [3.05, 3.63) is 64.4 Å². The summed E-state index contributed by atoms with van der Waals surface area (Å²) in [6.07, 6.45) is 2.42. The van der Waals surface area contributed by atoms with Crippen molar-refractivity contribution in [3.8, 4) is 5.75 Å². The van der Waals surface area contributed by atoms with E-state index in [-0.39, 0.29) is 30.5 Å². The number of ether oxygens (including phenoxy) is 1. The third kappa shape index (κ3) is 5.91. The highest BCUT2D eigenvalue weighted by molar-refractivity contribution is 7.86. The number of rotatable bonds is 7. The lowest BCUT2D eigenvalue weighted by Crippen LogP contribution is -2.37. The van der Waals surface area contributed by atoms with E-state index in [1.54, 1.807) is 6.07 Å². The first-order valence-corrected chi connectivity index (χ1v) is 11.3. The van der Waals surface area contributed by atoms with Crippen LogP contribution in [0.5, 0.6) is 5.75 Å². The number of nitrogens with zero attached hydrogens (tertiary/aromatic N) is 1. The van der Waals surface area contributed by atoms with Gasteiger partial charge in [0.2, 0.25) is 0 Å². The molecule has 0 aromatic heterocycles. The molecule has 1 aliphatic rings. The van der Waals surface area contributed by atoms with Gasteiger partial charge in [-0.3, -0.25) is 4.79 Å². The Bertz CT molecular complexity index is 992. The van der Waals surface area contributed by atoms with Crippen LogP contribution in [-0.4, -0.2) is 44.7 Å². The summed E-state index contributed by atoms with van der Waals surface area (Å²) in [4.78, 5) is 14.5.